The quantitative estimate of drug-likeness (QED) is 0.623. The Morgan fingerprint density at radius 1 is 1.71 bits per heavy atom. The Labute approximate surface area is 82.7 Å². The molecule has 1 atom stereocenters. The summed E-state index contributed by atoms with van der Waals surface area (Å²) in [5.41, 5.74) is 5.35. The van der Waals surface area contributed by atoms with E-state index in [-0.39, 0.29) is 0 Å². The zero-order valence-electron chi connectivity index (χ0n) is 8.26. The second-order valence-corrected chi connectivity index (χ2v) is 2.90. The maximum atomic E-state index is 9.47. The minimum absolute atomic E-state index is 0.314. The third-order valence-corrected chi connectivity index (χ3v) is 1.68. The molecule has 0 fully saturated rings. The summed E-state index contributed by atoms with van der Waals surface area (Å²) in [7, 11) is 0. The van der Waals surface area contributed by atoms with Gasteiger partial charge in [0.2, 0.25) is 0 Å². The molecule has 3 N–H and O–H groups in total. The Kier molecular flexibility index (Phi) is 4.51. The number of nitrogens with two attached hydrogens (primary N) is 1. The molecule has 0 aliphatic heterocycles. The first-order chi connectivity index (χ1) is 6.76. The molecule has 0 radical (unpaired) electrons. The van der Waals surface area contributed by atoms with E-state index in [1.165, 1.54) is 0 Å². The third kappa shape index (κ3) is 3.41. The minimum atomic E-state index is -0.553. The molecule has 0 bridgehead atoms. The first kappa shape index (κ1) is 11.1. The van der Waals surface area contributed by atoms with E-state index in [1.807, 2.05) is 6.92 Å². The molecule has 1 unspecified atom stereocenters. The molecule has 0 amide bonds. The summed E-state index contributed by atoms with van der Waals surface area (Å²) in [6, 6.07) is 0. The Bertz CT molecular complexity index is 264. The minimum Gasteiger partial charge on any atom is -0.389 e. The lowest BCUT2D eigenvalue weighted by atomic mass is 10.4. The average molecular weight is 200 g/mol. The molecule has 0 saturated carbocycles. The monoisotopic (exact) mass is 200 g/mol. The summed E-state index contributed by atoms with van der Waals surface area (Å²) < 4.78 is 6.63. The maximum absolute atomic E-state index is 9.47. The van der Waals surface area contributed by atoms with Gasteiger partial charge in [-0.1, -0.05) is 0 Å². The highest BCUT2D eigenvalue weighted by molar-refractivity contribution is 4.79. The van der Waals surface area contributed by atoms with Gasteiger partial charge >= 0.3 is 0 Å². The Morgan fingerprint density at radius 2 is 2.50 bits per heavy atom. The molecule has 1 rings (SSSR count). The summed E-state index contributed by atoms with van der Waals surface area (Å²) in [6.45, 7) is 3.49. The zero-order chi connectivity index (χ0) is 10.4. The van der Waals surface area contributed by atoms with Crippen molar-refractivity contribution < 1.29 is 9.84 Å². The normalized spacial score (nSPS) is 13.1. The summed E-state index contributed by atoms with van der Waals surface area (Å²) in [6.07, 6.45) is 0.999. The van der Waals surface area contributed by atoms with Crippen molar-refractivity contribution in [1.29, 1.82) is 0 Å². The molecule has 1 aromatic rings. The van der Waals surface area contributed by atoms with E-state index < -0.39 is 6.10 Å². The fourth-order valence-electron chi connectivity index (χ4n) is 1.04. The summed E-state index contributed by atoms with van der Waals surface area (Å²) in [5.74, 6) is 0.577. The number of aromatic nitrogens is 3. The molecule has 14 heavy (non-hydrogen) atoms. The van der Waals surface area contributed by atoms with Crippen molar-refractivity contribution in [2.75, 3.05) is 13.2 Å². The van der Waals surface area contributed by atoms with E-state index in [2.05, 4.69) is 10.1 Å². The van der Waals surface area contributed by atoms with Crippen LogP contribution in [0.4, 0.5) is 0 Å². The number of aliphatic hydroxyl groups excluding tert-OH is 1. The van der Waals surface area contributed by atoms with Gasteiger partial charge in [-0.3, -0.25) is 0 Å². The highest BCUT2D eigenvalue weighted by Gasteiger charge is 2.06. The van der Waals surface area contributed by atoms with Gasteiger partial charge in [0.25, 0.3) is 0 Å². The van der Waals surface area contributed by atoms with Gasteiger partial charge in [0.05, 0.1) is 25.8 Å². The number of ether oxygens (including phenoxy) is 1. The SMILES string of the molecule is CCOCC(O)Cn1cnc(CN)n1. The maximum Gasteiger partial charge on any atom is 0.164 e. The Hall–Kier alpha value is -0.980. The molecule has 0 aliphatic carbocycles. The molecule has 0 aromatic carbocycles. The third-order valence-electron chi connectivity index (χ3n) is 1.68. The number of rotatable bonds is 6. The van der Waals surface area contributed by atoms with Crippen molar-refractivity contribution >= 4 is 0 Å². The van der Waals surface area contributed by atoms with Gasteiger partial charge in [0, 0.05) is 6.61 Å². The van der Waals surface area contributed by atoms with Crippen molar-refractivity contribution in [3.63, 3.8) is 0 Å². The van der Waals surface area contributed by atoms with Crippen LogP contribution in [0.15, 0.2) is 6.33 Å². The van der Waals surface area contributed by atoms with Crippen LogP contribution in [0.5, 0.6) is 0 Å². The average Bonchev–Trinajstić information content (AvgIpc) is 2.62. The highest BCUT2D eigenvalue weighted by Crippen LogP contribution is 1.93. The predicted molar refractivity (Wildman–Crippen MR) is 50.4 cm³/mol. The Balaban J connectivity index is 2.35. The highest BCUT2D eigenvalue weighted by atomic mass is 16.5. The summed E-state index contributed by atoms with van der Waals surface area (Å²) in [4.78, 5) is 3.94. The summed E-state index contributed by atoms with van der Waals surface area (Å²) in [5, 5.41) is 13.5. The first-order valence-corrected chi connectivity index (χ1v) is 4.60. The van der Waals surface area contributed by atoms with Crippen LogP contribution in [0.25, 0.3) is 0 Å². The van der Waals surface area contributed by atoms with Gasteiger partial charge < -0.3 is 15.6 Å². The van der Waals surface area contributed by atoms with E-state index in [0.29, 0.717) is 32.1 Å². The van der Waals surface area contributed by atoms with E-state index in [0.717, 1.165) is 0 Å². The number of aliphatic hydroxyl groups is 1. The van der Waals surface area contributed by atoms with Crippen molar-refractivity contribution in [2.45, 2.75) is 26.1 Å². The summed E-state index contributed by atoms with van der Waals surface area (Å²) >= 11 is 0. The first-order valence-electron chi connectivity index (χ1n) is 4.60. The molecular formula is C8H16N4O2. The van der Waals surface area contributed by atoms with Gasteiger partial charge in [0.15, 0.2) is 5.82 Å². The fourth-order valence-corrected chi connectivity index (χ4v) is 1.04. The van der Waals surface area contributed by atoms with Gasteiger partial charge in [-0.05, 0) is 6.92 Å². The topological polar surface area (TPSA) is 86.2 Å². The van der Waals surface area contributed by atoms with E-state index in [1.54, 1.807) is 11.0 Å². The fraction of sp³-hybridized carbons (Fsp3) is 0.750. The van der Waals surface area contributed by atoms with E-state index in [9.17, 15) is 5.11 Å². The van der Waals surface area contributed by atoms with Crippen LogP contribution in [-0.2, 0) is 17.8 Å². The largest absolute Gasteiger partial charge is 0.389 e. The molecule has 1 aromatic heterocycles. The van der Waals surface area contributed by atoms with E-state index in [4.69, 9.17) is 10.5 Å². The van der Waals surface area contributed by atoms with Crippen molar-refractivity contribution in [1.82, 2.24) is 14.8 Å². The van der Waals surface area contributed by atoms with Crippen molar-refractivity contribution in [3.05, 3.63) is 12.2 Å². The van der Waals surface area contributed by atoms with Gasteiger partial charge in [-0.15, -0.1) is 0 Å². The van der Waals surface area contributed by atoms with Gasteiger partial charge in [0.1, 0.15) is 6.33 Å². The lowest BCUT2D eigenvalue weighted by Crippen LogP contribution is -2.22. The van der Waals surface area contributed by atoms with Crippen LogP contribution in [0.3, 0.4) is 0 Å². The van der Waals surface area contributed by atoms with Crippen LogP contribution in [0.1, 0.15) is 12.7 Å². The van der Waals surface area contributed by atoms with Gasteiger partial charge in [-0.2, -0.15) is 5.10 Å². The molecular weight excluding hydrogens is 184 g/mol. The standard InChI is InChI=1S/C8H16N4O2/c1-2-14-5-7(13)4-12-6-10-8(3-9)11-12/h6-7,13H,2-5,9H2,1H3. The lowest BCUT2D eigenvalue weighted by Gasteiger charge is -2.09. The number of hydrogen-bond donors (Lipinski definition) is 2. The van der Waals surface area contributed by atoms with Crippen LogP contribution in [0, 0.1) is 0 Å². The molecule has 0 saturated heterocycles. The molecule has 6 heteroatoms. The molecule has 0 spiro atoms. The van der Waals surface area contributed by atoms with Crippen LogP contribution in [-0.4, -0.2) is 39.2 Å². The number of nitrogens with zero attached hydrogens (tertiary/aromatic N) is 3. The second kappa shape index (κ2) is 5.69. The second-order valence-electron chi connectivity index (χ2n) is 2.90. The predicted octanol–water partition coefficient (Wildman–Crippen LogP) is -0.866. The van der Waals surface area contributed by atoms with Crippen LogP contribution in [0.2, 0.25) is 0 Å². The zero-order valence-corrected chi connectivity index (χ0v) is 8.26. The van der Waals surface area contributed by atoms with Crippen molar-refractivity contribution in [3.8, 4) is 0 Å². The van der Waals surface area contributed by atoms with E-state index >= 15 is 0 Å². The van der Waals surface area contributed by atoms with Gasteiger partial charge in [-0.25, -0.2) is 9.67 Å². The van der Waals surface area contributed by atoms with Crippen LogP contribution < -0.4 is 5.73 Å². The lowest BCUT2D eigenvalue weighted by molar-refractivity contribution is 0.0315. The molecule has 6 nitrogen and oxygen atoms in total. The molecule has 80 valence electrons. The Morgan fingerprint density at radius 3 is 3.07 bits per heavy atom. The molecule has 1 heterocycles. The number of hydrogen-bond acceptors (Lipinski definition) is 5. The van der Waals surface area contributed by atoms with Crippen LogP contribution >= 0.6 is 0 Å². The smallest absolute Gasteiger partial charge is 0.164 e. The van der Waals surface area contributed by atoms with Crippen molar-refractivity contribution in [2.24, 2.45) is 5.73 Å². The molecule has 0 aliphatic rings.